The Morgan fingerprint density at radius 3 is 2.31 bits per heavy atom. The monoisotopic (exact) mass is 419 g/mol. The highest BCUT2D eigenvalue weighted by atomic mass is 35.5. The standard InChI is InChI=1S/C25H28ClN2Si/c1-27(2)17-11-13-20-23(15-17)29(5,6)24-16-18(28(3)4)12-14-21(24)25(20)19-9-7-8-10-22(19)26/h7-16H,1-6H3/q+1. The summed E-state index contributed by atoms with van der Waals surface area (Å²) in [5, 5.41) is 3.75. The zero-order valence-electron chi connectivity index (χ0n) is 18.0. The minimum Gasteiger partial charge on any atom is -0.378 e. The molecular weight excluding hydrogens is 392 g/mol. The minimum absolute atomic E-state index is 0.800. The van der Waals surface area contributed by atoms with Crippen LogP contribution in [0.25, 0.3) is 5.57 Å². The van der Waals surface area contributed by atoms with E-state index >= 15 is 0 Å². The summed E-state index contributed by atoms with van der Waals surface area (Å²) >= 11 is 6.70. The van der Waals surface area contributed by atoms with E-state index in [4.69, 9.17) is 11.6 Å². The number of hydrogen-bond donors (Lipinski definition) is 0. The Hall–Kier alpha value is -2.36. The van der Waals surface area contributed by atoms with Gasteiger partial charge in [0.2, 0.25) is 0 Å². The molecule has 29 heavy (non-hydrogen) atoms. The van der Waals surface area contributed by atoms with Gasteiger partial charge in [-0.15, -0.1) is 0 Å². The molecular formula is C25H28ClN2Si+. The van der Waals surface area contributed by atoms with E-state index in [0.29, 0.717) is 0 Å². The van der Waals surface area contributed by atoms with Crippen molar-refractivity contribution in [3.8, 4) is 0 Å². The summed E-state index contributed by atoms with van der Waals surface area (Å²) in [6.07, 6.45) is 6.91. The summed E-state index contributed by atoms with van der Waals surface area (Å²) in [6, 6.07) is 15.1. The molecule has 0 atom stereocenters. The quantitative estimate of drug-likeness (QED) is 0.496. The molecule has 0 fully saturated rings. The van der Waals surface area contributed by atoms with Crippen LogP contribution in [0.1, 0.15) is 11.1 Å². The Balaban J connectivity index is 2.11. The van der Waals surface area contributed by atoms with Gasteiger partial charge in [-0.05, 0) is 51.4 Å². The van der Waals surface area contributed by atoms with Gasteiger partial charge in [0.1, 0.15) is 22.2 Å². The zero-order chi connectivity index (χ0) is 20.9. The van der Waals surface area contributed by atoms with Crippen molar-refractivity contribution in [2.24, 2.45) is 0 Å². The predicted molar refractivity (Wildman–Crippen MR) is 130 cm³/mol. The van der Waals surface area contributed by atoms with Gasteiger partial charge in [-0.3, -0.25) is 0 Å². The predicted octanol–water partition coefficient (Wildman–Crippen LogP) is 4.89. The van der Waals surface area contributed by atoms with E-state index in [0.717, 1.165) is 10.6 Å². The topological polar surface area (TPSA) is 6.25 Å². The van der Waals surface area contributed by atoms with Crippen molar-refractivity contribution in [3.63, 3.8) is 0 Å². The van der Waals surface area contributed by atoms with E-state index in [9.17, 15) is 0 Å². The second-order valence-corrected chi connectivity index (χ2v) is 13.5. The fourth-order valence-electron chi connectivity index (χ4n) is 4.34. The maximum atomic E-state index is 6.70. The number of allylic oxidation sites excluding steroid dienone is 5. The lowest BCUT2D eigenvalue weighted by Gasteiger charge is -2.38. The molecule has 4 rings (SSSR count). The van der Waals surface area contributed by atoms with Gasteiger partial charge in [0.25, 0.3) is 0 Å². The van der Waals surface area contributed by atoms with Crippen LogP contribution in [0.2, 0.25) is 18.1 Å². The summed E-state index contributed by atoms with van der Waals surface area (Å²) in [5.41, 5.74) is 7.50. The Morgan fingerprint density at radius 1 is 0.931 bits per heavy atom. The average molecular weight is 420 g/mol. The summed E-state index contributed by atoms with van der Waals surface area (Å²) in [5.74, 6) is 0. The van der Waals surface area contributed by atoms with Crippen LogP contribution in [0, 0.1) is 0 Å². The smallest absolute Gasteiger partial charge is 0.199 e. The first-order valence-electron chi connectivity index (χ1n) is 9.98. The molecule has 0 saturated carbocycles. The highest BCUT2D eigenvalue weighted by Gasteiger charge is 2.40. The summed E-state index contributed by atoms with van der Waals surface area (Å²) < 4.78 is 2.19. The molecule has 1 heterocycles. The fraction of sp³-hybridized carbons (Fsp3) is 0.240. The van der Waals surface area contributed by atoms with Gasteiger partial charge in [0.15, 0.2) is 5.71 Å². The van der Waals surface area contributed by atoms with Crippen molar-refractivity contribution in [2.45, 2.75) is 13.1 Å². The second-order valence-electron chi connectivity index (χ2n) is 8.73. The third kappa shape index (κ3) is 3.23. The molecule has 4 heteroatoms. The lowest BCUT2D eigenvalue weighted by molar-refractivity contribution is -0.462. The maximum Gasteiger partial charge on any atom is 0.199 e. The number of nitrogens with zero attached hydrogens (tertiary/aromatic N) is 2. The number of rotatable bonds is 2. The summed E-state index contributed by atoms with van der Waals surface area (Å²) in [6.45, 7) is 4.93. The first-order chi connectivity index (χ1) is 13.7. The van der Waals surface area contributed by atoms with E-state index in [-0.39, 0.29) is 0 Å². The number of anilines is 1. The average Bonchev–Trinajstić information content (AvgIpc) is 2.69. The molecule has 0 saturated heterocycles. The van der Waals surface area contributed by atoms with Gasteiger partial charge in [0.05, 0.1) is 0 Å². The fourth-order valence-corrected chi connectivity index (χ4v) is 7.64. The Labute approximate surface area is 180 Å². The van der Waals surface area contributed by atoms with Crippen molar-refractivity contribution < 1.29 is 4.58 Å². The maximum absolute atomic E-state index is 6.70. The molecule has 1 aliphatic carbocycles. The molecule has 2 aromatic carbocycles. The van der Waals surface area contributed by atoms with Crippen LogP contribution in [-0.2, 0) is 0 Å². The van der Waals surface area contributed by atoms with E-state index in [1.54, 1.807) is 0 Å². The van der Waals surface area contributed by atoms with E-state index in [1.807, 2.05) is 12.1 Å². The molecule has 2 aliphatic rings. The highest BCUT2D eigenvalue weighted by Crippen LogP contribution is 2.43. The van der Waals surface area contributed by atoms with E-state index in [1.165, 1.54) is 38.5 Å². The number of fused-ring (bicyclic) bond motifs is 2. The molecule has 0 bridgehead atoms. The Morgan fingerprint density at radius 2 is 1.66 bits per heavy atom. The molecule has 2 aromatic rings. The van der Waals surface area contributed by atoms with Crippen molar-refractivity contribution in [1.82, 2.24) is 0 Å². The summed E-state index contributed by atoms with van der Waals surface area (Å²) in [7, 11) is 6.53. The number of hydrogen-bond acceptors (Lipinski definition) is 1. The zero-order valence-corrected chi connectivity index (χ0v) is 19.8. The van der Waals surface area contributed by atoms with Crippen molar-refractivity contribution in [2.75, 3.05) is 33.1 Å². The SMILES string of the molecule is CN(C)c1ccc2c(c1)[Si](C)(C)C1=CC(=[N+](C)C)C=CC1=C2c1ccccc1Cl. The third-order valence-electron chi connectivity index (χ3n) is 6.07. The first kappa shape index (κ1) is 19.9. The summed E-state index contributed by atoms with van der Waals surface area (Å²) in [4.78, 5) is 2.19. The largest absolute Gasteiger partial charge is 0.378 e. The van der Waals surface area contributed by atoms with Crippen LogP contribution in [0.4, 0.5) is 5.69 Å². The number of benzene rings is 2. The van der Waals surface area contributed by atoms with Crippen LogP contribution < -0.4 is 10.1 Å². The van der Waals surface area contributed by atoms with Crippen LogP contribution in [-0.4, -0.2) is 46.6 Å². The molecule has 0 radical (unpaired) electrons. The van der Waals surface area contributed by atoms with Crippen molar-refractivity contribution in [1.29, 1.82) is 0 Å². The lowest BCUT2D eigenvalue weighted by atomic mass is 9.89. The lowest BCUT2D eigenvalue weighted by Crippen LogP contribution is -2.49. The highest BCUT2D eigenvalue weighted by molar-refractivity contribution is 6.98. The van der Waals surface area contributed by atoms with Crippen LogP contribution >= 0.6 is 11.6 Å². The van der Waals surface area contributed by atoms with Gasteiger partial charge < -0.3 is 4.90 Å². The number of halogens is 1. The molecule has 0 aromatic heterocycles. The molecule has 0 spiro atoms. The molecule has 1 aliphatic heterocycles. The molecule has 0 unspecified atom stereocenters. The van der Waals surface area contributed by atoms with E-state index < -0.39 is 8.07 Å². The van der Waals surface area contributed by atoms with Gasteiger partial charge >= 0.3 is 0 Å². The minimum atomic E-state index is -1.90. The second kappa shape index (κ2) is 7.15. The molecule has 148 valence electrons. The third-order valence-corrected chi connectivity index (χ3v) is 9.92. The van der Waals surface area contributed by atoms with Crippen LogP contribution in [0.15, 0.2) is 71.5 Å². The van der Waals surface area contributed by atoms with Crippen LogP contribution in [0.3, 0.4) is 0 Å². The van der Waals surface area contributed by atoms with Crippen molar-refractivity contribution in [3.05, 3.63) is 87.6 Å². The van der Waals surface area contributed by atoms with Gasteiger partial charge in [-0.2, -0.15) is 0 Å². The van der Waals surface area contributed by atoms with Gasteiger partial charge in [-0.25, -0.2) is 4.58 Å². The molecule has 0 amide bonds. The van der Waals surface area contributed by atoms with Gasteiger partial charge in [0, 0.05) is 42.5 Å². The van der Waals surface area contributed by atoms with E-state index in [2.05, 4.69) is 99.3 Å². The van der Waals surface area contributed by atoms with Crippen LogP contribution in [0.5, 0.6) is 0 Å². The normalized spacial score (nSPS) is 16.9. The molecule has 0 N–H and O–H groups in total. The Bertz CT molecular complexity index is 1130. The van der Waals surface area contributed by atoms with Crippen molar-refractivity contribution >= 4 is 41.8 Å². The first-order valence-corrected chi connectivity index (χ1v) is 13.4. The Kier molecular flexibility index (Phi) is 4.92. The van der Waals surface area contributed by atoms with Gasteiger partial charge in [-0.1, -0.05) is 49.0 Å². The molecule has 2 nitrogen and oxygen atoms in total.